The van der Waals surface area contributed by atoms with Gasteiger partial charge in [-0.05, 0) is 56.3 Å². The number of pyridine rings is 1. The number of aromatic nitrogens is 4. The van der Waals surface area contributed by atoms with E-state index < -0.39 is 0 Å². The Morgan fingerprint density at radius 1 is 0.872 bits per heavy atom. The van der Waals surface area contributed by atoms with Crippen LogP contribution in [0.2, 0.25) is 0 Å². The summed E-state index contributed by atoms with van der Waals surface area (Å²) in [4.78, 5) is 34.7. The van der Waals surface area contributed by atoms with Crippen LogP contribution in [-0.2, 0) is 6.54 Å². The molecule has 6 aromatic rings. The van der Waals surface area contributed by atoms with E-state index >= 15 is 0 Å². The second kappa shape index (κ2) is 10.0. The minimum atomic E-state index is -0.291. The third kappa shape index (κ3) is 4.28. The van der Waals surface area contributed by atoms with Gasteiger partial charge in [0.25, 0.3) is 11.5 Å². The van der Waals surface area contributed by atoms with Gasteiger partial charge >= 0.3 is 0 Å². The van der Waals surface area contributed by atoms with Crippen molar-refractivity contribution in [1.29, 1.82) is 0 Å². The first-order valence-electron chi connectivity index (χ1n) is 12.9. The van der Waals surface area contributed by atoms with Gasteiger partial charge in [-0.2, -0.15) is 9.78 Å². The number of hydrogen-bond acceptors (Lipinski definition) is 4. The zero-order valence-corrected chi connectivity index (χ0v) is 21.8. The van der Waals surface area contributed by atoms with E-state index in [-0.39, 0.29) is 17.2 Å². The highest BCUT2D eigenvalue weighted by Gasteiger charge is 2.27. The Morgan fingerprint density at radius 2 is 1.59 bits per heavy atom. The van der Waals surface area contributed by atoms with Gasteiger partial charge in [-0.3, -0.25) is 14.6 Å². The molecule has 192 valence electrons. The molecule has 7 nitrogen and oxygen atoms in total. The average molecular weight is 514 g/mol. The van der Waals surface area contributed by atoms with Crippen LogP contribution in [-0.4, -0.2) is 31.8 Å². The summed E-state index contributed by atoms with van der Waals surface area (Å²) < 4.78 is 3.30. The summed E-state index contributed by atoms with van der Waals surface area (Å²) in [6.07, 6.45) is 1.74. The maximum atomic E-state index is 14.3. The van der Waals surface area contributed by atoms with Crippen molar-refractivity contribution in [3.8, 4) is 5.69 Å². The molecule has 3 aromatic carbocycles. The molecule has 7 heteroatoms. The lowest BCUT2D eigenvalue weighted by Crippen LogP contribution is -2.34. The van der Waals surface area contributed by atoms with E-state index in [4.69, 9.17) is 5.10 Å². The number of fused-ring (bicyclic) bond motifs is 3. The molecule has 0 aliphatic heterocycles. The first kappa shape index (κ1) is 24.3. The highest BCUT2D eigenvalue weighted by molar-refractivity contribution is 6.20. The standard InChI is InChI=1S/C32H27N5O2/c1-3-35(24-12-5-4-6-13-24)31(38)29-28-26-14-7-8-15-27(26)36(21-23-11-9-10-20-33-23)30(28)32(39)37(34-29)25-18-16-22(2)17-19-25/h4-20H,3,21H2,1-2H3. The number of rotatable bonds is 6. The molecule has 0 atom stereocenters. The summed E-state index contributed by atoms with van der Waals surface area (Å²) in [5.41, 5.74) is 4.44. The van der Waals surface area contributed by atoms with E-state index in [0.29, 0.717) is 29.7 Å². The fourth-order valence-electron chi connectivity index (χ4n) is 5.07. The van der Waals surface area contributed by atoms with E-state index in [9.17, 15) is 9.59 Å². The first-order valence-corrected chi connectivity index (χ1v) is 12.9. The Balaban J connectivity index is 1.70. The molecular weight excluding hydrogens is 486 g/mol. The predicted molar refractivity (Wildman–Crippen MR) is 155 cm³/mol. The molecule has 0 fully saturated rings. The van der Waals surface area contributed by atoms with E-state index in [1.54, 1.807) is 11.1 Å². The topological polar surface area (TPSA) is 73.0 Å². The SMILES string of the molecule is CCN(C(=O)c1nn(-c2ccc(C)cc2)c(=O)c2c1c1ccccc1n2Cc1ccccn1)c1ccccc1. The Labute approximate surface area is 225 Å². The molecule has 3 aromatic heterocycles. The largest absolute Gasteiger partial charge is 0.330 e. The highest BCUT2D eigenvalue weighted by atomic mass is 16.2. The second-order valence-corrected chi connectivity index (χ2v) is 9.43. The van der Waals surface area contributed by atoms with Crippen molar-refractivity contribution < 1.29 is 4.79 Å². The van der Waals surface area contributed by atoms with E-state index in [2.05, 4.69) is 4.98 Å². The molecule has 39 heavy (non-hydrogen) atoms. The highest BCUT2D eigenvalue weighted by Crippen LogP contribution is 2.31. The van der Waals surface area contributed by atoms with Crippen LogP contribution in [0.3, 0.4) is 0 Å². The van der Waals surface area contributed by atoms with Crippen LogP contribution in [0.5, 0.6) is 0 Å². The number of carbonyl (C=O) groups excluding carboxylic acids is 1. The van der Waals surface area contributed by atoms with E-state index in [1.165, 1.54) is 4.68 Å². The van der Waals surface area contributed by atoms with Crippen molar-refractivity contribution in [3.63, 3.8) is 0 Å². The van der Waals surface area contributed by atoms with Crippen molar-refractivity contribution in [2.45, 2.75) is 20.4 Å². The van der Waals surface area contributed by atoms with Crippen LogP contribution in [0.4, 0.5) is 5.69 Å². The van der Waals surface area contributed by atoms with Gasteiger partial charge in [0.1, 0.15) is 5.52 Å². The fraction of sp³-hybridized carbons (Fsp3) is 0.125. The lowest BCUT2D eigenvalue weighted by molar-refractivity contribution is 0.0983. The van der Waals surface area contributed by atoms with Gasteiger partial charge in [-0.1, -0.05) is 60.2 Å². The minimum Gasteiger partial charge on any atom is -0.330 e. The molecule has 0 aliphatic carbocycles. The molecule has 0 bridgehead atoms. The lowest BCUT2D eigenvalue weighted by Gasteiger charge is -2.21. The van der Waals surface area contributed by atoms with Crippen LogP contribution in [0.1, 0.15) is 28.7 Å². The number of amides is 1. The summed E-state index contributed by atoms with van der Waals surface area (Å²) in [7, 11) is 0. The lowest BCUT2D eigenvalue weighted by atomic mass is 10.1. The number of nitrogens with zero attached hydrogens (tertiary/aromatic N) is 5. The number of anilines is 1. The van der Waals surface area contributed by atoms with Crippen molar-refractivity contribution in [3.05, 3.63) is 131 Å². The van der Waals surface area contributed by atoms with Gasteiger partial charge in [0.15, 0.2) is 5.69 Å². The molecule has 0 N–H and O–H groups in total. The summed E-state index contributed by atoms with van der Waals surface area (Å²) in [5.74, 6) is -0.268. The van der Waals surface area contributed by atoms with Gasteiger partial charge in [0, 0.05) is 34.7 Å². The molecule has 0 radical (unpaired) electrons. The maximum Gasteiger partial charge on any atom is 0.296 e. The van der Waals surface area contributed by atoms with E-state index in [0.717, 1.165) is 27.8 Å². The zero-order valence-electron chi connectivity index (χ0n) is 21.8. The zero-order chi connectivity index (χ0) is 26.9. The fourth-order valence-corrected chi connectivity index (χ4v) is 5.07. The number of para-hydroxylation sites is 2. The number of aryl methyl sites for hydroxylation is 1. The molecular formula is C32H27N5O2. The Morgan fingerprint density at radius 3 is 2.31 bits per heavy atom. The van der Waals surface area contributed by atoms with Crippen LogP contribution in [0.15, 0.2) is 108 Å². The first-order chi connectivity index (χ1) is 19.1. The normalized spacial score (nSPS) is 11.2. The third-order valence-corrected chi connectivity index (χ3v) is 6.96. The third-order valence-electron chi connectivity index (χ3n) is 6.96. The van der Waals surface area contributed by atoms with Crippen molar-refractivity contribution >= 4 is 33.4 Å². The Kier molecular flexibility index (Phi) is 6.25. The Bertz CT molecular complexity index is 1860. The quantitative estimate of drug-likeness (QED) is 0.284. The van der Waals surface area contributed by atoms with Crippen LogP contribution >= 0.6 is 0 Å². The van der Waals surface area contributed by atoms with Crippen LogP contribution in [0, 0.1) is 6.92 Å². The molecule has 0 aliphatic rings. The second-order valence-electron chi connectivity index (χ2n) is 9.43. The Hall–Kier alpha value is -5.04. The molecule has 0 saturated heterocycles. The monoisotopic (exact) mass is 513 g/mol. The molecule has 6 rings (SSSR count). The van der Waals surface area contributed by atoms with Crippen molar-refractivity contribution in [2.24, 2.45) is 0 Å². The molecule has 1 amide bonds. The number of benzene rings is 3. The molecule has 0 saturated carbocycles. The van der Waals surface area contributed by atoms with Crippen molar-refractivity contribution in [2.75, 3.05) is 11.4 Å². The van der Waals surface area contributed by atoms with Gasteiger partial charge in [0.2, 0.25) is 0 Å². The van der Waals surface area contributed by atoms with Gasteiger partial charge in [-0.25, -0.2) is 0 Å². The van der Waals surface area contributed by atoms with Crippen LogP contribution in [0.25, 0.3) is 27.5 Å². The van der Waals surface area contributed by atoms with Gasteiger partial charge in [-0.15, -0.1) is 0 Å². The van der Waals surface area contributed by atoms with Gasteiger partial charge in [0.05, 0.1) is 17.9 Å². The molecule has 0 spiro atoms. The summed E-state index contributed by atoms with van der Waals surface area (Å²) in [5, 5.41) is 6.10. The van der Waals surface area contributed by atoms with Crippen molar-refractivity contribution in [1.82, 2.24) is 19.3 Å². The summed E-state index contributed by atoms with van der Waals surface area (Å²) in [6, 6.07) is 30.6. The summed E-state index contributed by atoms with van der Waals surface area (Å²) >= 11 is 0. The predicted octanol–water partition coefficient (Wildman–Crippen LogP) is 5.76. The van der Waals surface area contributed by atoms with Crippen LogP contribution < -0.4 is 10.5 Å². The number of carbonyl (C=O) groups is 1. The number of hydrogen-bond donors (Lipinski definition) is 0. The maximum absolute atomic E-state index is 14.3. The summed E-state index contributed by atoms with van der Waals surface area (Å²) in [6.45, 7) is 4.74. The molecule has 3 heterocycles. The molecule has 0 unspecified atom stereocenters. The minimum absolute atomic E-state index is 0.229. The average Bonchev–Trinajstić information content (AvgIpc) is 3.30. The van der Waals surface area contributed by atoms with E-state index in [1.807, 2.05) is 115 Å². The smallest absolute Gasteiger partial charge is 0.296 e. The van der Waals surface area contributed by atoms with Gasteiger partial charge < -0.3 is 9.47 Å².